The molecule has 4 aliphatic rings. The van der Waals surface area contributed by atoms with Gasteiger partial charge in [-0.05, 0) is 111 Å². The van der Waals surface area contributed by atoms with E-state index in [1.165, 1.54) is 7.11 Å². The fraction of sp³-hybridized carbons (Fsp3) is 0.480. The number of aliphatic hydroxyl groups is 2. The van der Waals surface area contributed by atoms with E-state index in [9.17, 15) is 25.1 Å². The summed E-state index contributed by atoms with van der Waals surface area (Å²) in [6.45, 7) is 4.75. The van der Waals surface area contributed by atoms with E-state index in [2.05, 4.69) is 24.0 Å². The molecule has 3 aromatic carbocycles. The number of likely N-dealkylation sites (N-methyl/N-ethyl adjacent to an activating group) is 1. The molecule has 0 spiro atoms. The van der Waals surface area contributed by atoms with Crippen molar-refractivity contribution in [2.45, 2.75) is 88.2 Å². The number of anilines is 1. The average Bonchev–Trinajstić information content (AvgIpc) is 3.33. The highest BCUT2D eigenvalue weighted by Gasteiger charge is 2.65. The second-order valence-electron chi connectivity index (χ2n) is 16.9. The predicted molar refractivity (Wildman–Crippen MR) is 242 cm³/mol. The highest BCUT2D eigenvalue weighted by atomic mass is 16.8. The maximum absolute atomic E-state index is 14.6. The number of carbonyl (C=O) groups excluding carboxylic acids is 2. The summed E-state index contributed by atoms with van der Waals surface area (Å²) in [6, 6.07) is 18.2. The summed E-state index contributed by atoms with van der Waals surface area (Å²) in [4.78, 5) is 36.0. The van der Waals surface area contributed by atoms with E-state index in [0.29, 0.717) is 65.6 Å². The molecule has 65 heavy (non-hydrogen) atoms. The molecule has 0 radical (unpaired) electrons. The summed E-state index contributed by atoms with van der Waals surface area (Å²) in [7, 11) is 4.76. The number of fused-ring (bicyclic) bond motifs is 2. The van der Waals surface area contributed by atoms with Crippen molar-refractivity contribution in [3.05, 3.63) is 102 Å². The molecule has 346 valence electrons. The molecule has 1 unspecified atom stereocenters. The van der Waals surface area contributed by atoms with Crippen LogP contribution >= 0.6 is 0 Å². The third kappa shape index (κ3) is 10.3. The minimum atomic E-state index is -1.50. The summed E-state index contributed by atoms with van der Waals surface area (Å²) in [5.41, 5.74) is 3.47. The van der Waals surface area contributed by atoms with Gasteiger partial charge in [-0.2, -0.15) is 5.26 Å². The van der Waals surface area contributed by atoms with Crippen molar-refractivity contribution < 1.29 is 53.1 Å². The number of aliphatic hydroxyl groups excluding tert-OH is 2. The molecule has 7 rings (SSSR count). The van der Waals surface area contributed by atoms with Crippen molar-refractivity contribution in [3.63, 3.8) is 0 Å². The zero-order valence-corrected chi connectivity index (χ0v) is 37.4. The zero-order chi connectivity index (χ0) is 45.9. The van der Waals surface area contributed by atoms with Crippen LogP contribution in [0, 0.1) is 29.1 Å². The molecule has 2 aliphatic carbocycles. The number of nitrogens with one attached hydrogen (secondary N) is 1. The molecule has 2 aliphatic heterocycles. The fourth-order valence-electron chi connectivity index (χ4n) is 9.88. The average molecular weight is 893 g/mol. The van der Waals surface area contributed by atoms with Gasteiger partial charge in [-0.15, -0.1) is 6.58 Å². The minimum absolute atomic E-state index is 0.0133. The van der Waals surface area contributed by atoms with Gasteiger partial charge in [0, 0.05) is 56.2 Å². The fourth-order valence-corrected chi connectivity index (χ4v) is 9.88. The van der Waals surface area contributed by atoms with Crippen LogP contribution < -0.4 is 24.3 Å². The SMILES string of the molecule is C=CCO[C@@]12Oc3ccc(OC(=O)Nc4ccc(OC)cc4OC)cc3[C@H]3[C@H](CCCCO)[C@@H](CCCCO)C=C(C(=NOC4CCCCO4)C[C@@H]1N(C)C(=O)c1ccc(C#N)cc1)[C@H]32. The normalized spacial score (nSPS) is 24.8. The topological polar surface area (TPSA) is 191 Å². The Hall–Kier alpha value is -5.92. The molecule has 2 heterocycles. The number of carbonyl (C=O) groups is 2. The minimum Gasteiger partial charge on any atom is -0.497 e. The summed E-state index contributed by atoms with van der Waals surface area (Å²) in [6.07, 6.45) is 9.61. The number of amides is 2. The van der Waals surface area contributed by atoms with Gasteiger partial charge in [-0.25, -0.2) is 4.79 Å². The summed E-state index contributed by atoms with van der Waals surface area (Å²) in [5, 5.41) is 37.1. The molecule has 3 aromatic rings. The molecular formula is C50H60N4O11. The number of benzene rings is 3. The maximum Gasteiger partial charge on any atom is 0.417 e. The second-order valence-corrected chi connectivity index (χ2v) is 16.9. The van der Waals surface area contributed by atoms with Gasteiger partial charge in [0.1, 0.15) is 29.0 Å². The van der Waals surface area contributed by atoms with Gasteiger partial charge < -0.3 is 48.4 Å². The van der Waals surface area contributed by atoms with E-state index in [-0.39, 0.29) is 55.7 Å². The highest BCUT2D eigenvalue weighted by molar-refractivity contribution is 6.03. The van der Waals surface area contributed by atoms with Gasteiger partial charge in [0.05, 0.1) is 56.4 Å². The number of hydrogen-bond acceptors (Lipinski definition) is 13. The Morgan fingerprint density at radius 1 is 1.00 bits per heavy atom. The van der Waals surface area contributed by atoms with Crippen LogP contribution in [0.5, 0.6) is 23.0 Å². The molecule has 0 aromatic heterocycles. The van der Waals surface area contributed by atoms with Crippen molar-refractivity contribution in [1.29, 1.82) is 5.26 Å². The van der Waals surface area contributed by atoms with Crippen LogP contribution in [0.25, 0.3) is 0 Å². The first-order valence-corrected chi connectivity index (χ1v) is 22.5. The Labute approximate surface area is 380 Å². The number of hydrogen-bond donors (Lipinski definition) is 3. The molecule has 1 saturated heterocycles. The standard InChI is InChI=1S/C50H60N4O11/c1-5-25-62-50-44(54(2)48(57)33-17-15-32(31-51)16-18-33)30-41(53-65-45-14-8-11-26-61-45)38-27-34(12-6-9-23-55)37(13-7-10-24-56)46(47(38)50)39-28-36(20-22-42(39)64-50)63-49(58)52-40-21-19-35(59-3)29-43(40)60-4/h5,15-22,27-29,34,37,44-47,55-56H,1,6-14,23-26,30H2,2-4H3,(H,52,58)/t34-,37+,44-,45?,46+,47+,50+/m0/s1. The first kappa shape index (κ1) is 47.1. The number of oxime groups is 1. The number of allylic oxidation sites excluding steroid dienone is 1. The lowest BCUT2D eigenvalue weighted by Gasteiger charge is -2.59. The van der Waals surface area contributed by atoms with Gasteiger partial charge in [0.2, 0.25) is 12.1 Å². The van der Waals surface area contributed by atoms with Crippen LogP contribution in [0.2, 0.25) is 0 Å². The number of nitriles is 1. The monoisotopic (exact) mass is 892 g/mol. The number of unbranched alkanes of at least 4 members (excludes halogenated alkanes) is 2. The second kappa shape index (κ2) is 21.8. The lowest BCUT2D eigenvalue weighted by atomic mass is 9.55. The Morgan fingerprint density at radius 2 is 1.77 bits per heavy atom. The van der Waals surface area contributed by atoms with Crippen LogP contribution in [0.4, 0.5) is 10.5 Å². The maximum atomic E-state index is 14.6. The van der Waals surface area contributed by atoms with Crippen LogP contribution in [-0.2, 0) is 14.3 Å². The van der Waals surface area contributed by atoms with Gasteiger partial charge in [-0.3, -0.25) is 10.1 Å². The Balaban J connectivity index is 1.38. The third-order valence-corrected chi connectivity index (χ3v) is 13.0. The predicted octanol–water partition coefficient (Wildman–Crippen LogP) is 8.12. The first-order valence-electron chi connectivity index (χ1n) is 22.5. The van der Waals surface area contributed by atoms with Gasteiger partial charge >= 0.3 is 6.09 Å². The Morgan fingerprint density at radius 3 is 2.46 bits per heavy atom. The quantitative estimate of drug-likeness (QED) is 0.0596. The number of methoxy groups -OCH3 is 2. The Kier molecular flexibility index (Phi) is 15.8. The van der Waals surface area contributed by atoms with Gasteiger partial charge in [-0.1, -0.05) is 30.1 Å². The van der Waals surface area contributed by atoms with E-state index in [0.717, 1.165) is 49.7 Å². The van der Waals surface area contributed by atoms with Crippen molar-refractivity contribution in [1.82, 2.24) is 4.90 Å². The van der Waals surface area contributed by atoms with Crippen LogP contribution in [0.15, 0.2) is 90.1 Å². The Bertz CT molecular complexity index is 2250. The first-order chi connectivity index (χ1) is 31.7. The number of ether oxygens (including phenoxy) is 6. The zero-order valence-electron chi connectivity index (χ0n) is 37.4. The highest BCUT2D eigenvalue weighted by Crippen LogP contribution is 2.62. The lowest BCUT2D eigenvalue weighted by molar-refractivity contribution is -0.252. The van der Waals surface area contributed by atoms with E-state index < -0.39 is 30.1 Å². The molecule has 15 heteroatoms. The molecule has 15 nitrogen and oxygen atoms in total. The van der Waals surface area contributed by atoms with Crippen molar-refractivity contribution in [2.75, 3.05) is 53.0 Å². The summed E-state index contributed by atoms with van der Waals surface area (Å²) < 4.78 is 37.0. The molecule has 7 atom stereocenters. The molecule has 3 N–H and O–H groups in total. The molecule has 0 bridgehead atoms. The van der Waals surface area contributed by atoms with Gasteiger partial charge in [0.15, 0.2) is 0 Å². The van der Waals surface area contributed by atoms with Gasteiger partial charge in [0.25, 0.3) is 5.91 Å². The largest absolute Gasteiger partial charge is 0.497 e. The number of rotatable bonds is 19. The van der Waals surface area contributed by atoms with Crippen LogP contribution in [-0.4, -0.2) is 98.6 Å². The molecular weight excluding hydrogens is 833 g/mol. The third-order valence-electron chi connectivity index (χ3n) is 13.0. The summed E-state index contributed by atoms with van der Waals surface area (Å²) in [5.74, 6) is -1.09. The molecule has 2 fully saturated rings. The molecule has 1 saturated carbocycles. The smallest absolute Gasteiger partial charge is 0.417 e. The van der Waals surface area contributed by atoms with Crippen molar-refractivity contribution in [3.8, 4) is 29.1 Å². The molecule has 2 amide bonds. The van der Waals surface area contributed by atoms with Crippen LogP contribution in [0.1, 0.15) is 91.6 Å². The van der Waals surface area contributed by atoms with Crippen molar-refractivity contribution in [2.24, 2.45) is 22.9 Å². The summed E-state index contributed by atoms with van der Waals surface area (Å²) >= 11 is 0. The van der Waals surface area contributed by atoms with E-state index in [1.807, 2.05) is 6.07 Å². The van der Waals surface area contributed by atoms with E-state index >= 15 is 0 Å². The van der Waals surface area contributed by atoms with Crippen molar-refractivity contribution >= 4 is 23.4 Å². The van der Waals surface area contributed by atoms with E-state index in [4.69, 9.17) is 38.4 Å². The van der Waals surface area contributed by atoms with Crippen LogP contribution in [0.3, 0.4) is 0 Å². The lowest BCUT2D eigenvalue weighted by Crippen LogP contribution is -2.69. The number of nitrogens with zero attached hydrogens (tertiary/aromatic N) is 3. The van der Waals surface area contributed by atoms with E-state index in [1.54, 1.807) is 79.7 Å².